The first-order chi connectivity index (χ1) is 14.9. The summed E-state index contributed by atoms with van der Waals surface area (Å²) in [7, 11) is 0. The Kier molecular flexibility index (Phi) is 5.85. The van der Waals surface area contributed by atoms with Gasteiger partial charge in [-0.25, -0.2) is 0 Å². The van der Waals surface area contributed by atoms with Gasteiger partial charge in [-0.3, -0.25) is 24.6 Å². The molecule has 1 unspecified atom stereocenters. The maximum Gasteiger partial charge on any atom is 0.293 e. The van der Waals surface area contributed by atoms with E-state index in [-0.39, 0.29) is 29.2 Å². The van der Waals surface area contributed by atoms with Crippen molar-refractivity contribution in [3.63, 3.8) is 0 Å². The predicted octanol–water partition coefficient (Wildman–Crippen LogP) is 2.87. The van der Waals surface area contributed by atoms with Crippen LogP contribution in [0.5, 0.6) is 0 Å². The van der Waals surface area contributed by atoms with Crippen molar-refractivity contribution < 1.29 is 14.5 Å². The first-order valence-electron chi connectivity index (χ1n) is 10.4. The number of anilines is 2. The number of rotatable bonds is 8. The lowest BCUT2D eigenvalue weighted by atomic mass is 10.1. The molecule has 2 fully saturated rings. The molecule has 4 N–H and O–H groups in total. The minimum atomic E-state index is -0.479. The van der Waals surface area contributed by atoms with E-state index in [0.717, 1.165) is 37.8 Å². The van der Waals surface area contributed by atoms with Crippen LogP contribution in [0.2, 0.25) is 0 Å². The van der Waals surface area contributed by atoms with E-state index >= 15 is 0 Å². The molecule has 4 rings (SSSR count). The molecule has 2 aromatic rings. The van der Waals surface area contributed by atoms with Crippen LogP contribution in [0.4, 0.5) is 17.1 Å². The number of nitro groups is 1. The number of primary amides is 1. The van der Waals surface area contributed by atoms with Crippen LogP contribution in [0.3, 0.4) is 0 Å². The van der Waals surface area contributed by atoms with Crippen LogP contribution in [-0.4, -0.2) is 40.3 Å². The fraction of sp³-hybridized carbons (Fsp3) is 0.364. The molecule has 1 heterocycles. The van der Waals surface area contributed by atoms with Gasteiger partial charge >= 0.3 is 0 Å². The van der Waals surface area contributed by atoms with Gasteiger partial charge in [-0.05, 0) is 62.1 Å². The van der Waals surface area contributed by atoms with Crippen molar-refractivity contribution in [1.29, 1.82) is 0 Å². The molecule has 31 heavy (non-hydrogen) atoms. The summed E-state index contributed by atoms with van der Waals surface area (Å²) in [6.45, 7) is 1.36. The monoisotopic (exact) mass is 423 g/mol. The molecule has 1 atom stereocenters. The van der Waals surface area contributed by atoms with E-state index in [1.54, 1.807) is 18.2 Å². The number of carbonyl (C=O) groups excluding carboxylic acids is 2. The number of nitrogens with two attached hydrogens (primary N) is 1. The molecular formula is C22H25N5O4. The van der Waals surface area contributed by atoms with E-state index in [2.05, 4.69) is 10.6 Å². The first kappa shape index (κ1) is 20.8. The number of likely N-dealkylation sites (tertiary alicyclic amines) is 1. The molecule has 0 spiro atoms. The van der Waals surface area contributed by atoms with Gasteiger partial charge in [0.1, 0.15) is 5.69 Å². The minimum absolute atomic E-state index is 0.111. The lowest BCUT2D eigenvalue weighted by molar-refractivity contribution is -0.384. The summed E-state index contributed by atoms with van der Waals surface area (Å²) in [6.07, 6.45) is 3.67. The molecular weight excluding hydrogens is 398 g/mol. The van der Waals surface area contributed by atoms with Gasteiger partial charge in [-0.1, -0.05) is 12.1 Å². The van der Waals surface area contributed by atoms with Crippen molar-refractivity contribution in [2.45, 2.75) is 44.3 Å². The fourth-order valence-corrected chi connectivity index (χ4v) is 3.92. The van der Waals surface area contributed by atoms with E-state index in [9.17, 15) is 19.7 Å². The molecule has 1 aliphatic heterocycles. The van der Waals surface area contributed by atoms with Crippen LogP contribution in [0.1, 0.15) is 41.6 Å². The van der Waals surface area contributed by atoms with Crippen LogP contribution < -0.4 is 16.4 Å². The van der Waals surface area contributed by atoms with E-state index in [1.165, 1.54) is 6.07 Å². The topological polar surface area (TPSA) is 131 Å². The third kappa shape index (κ3) is 5.00. The Morgan fingerprint density at radius 1 is 1.16 bits per heavy atom. The summed E-state index contributed by atoms with van der Waals surface area (Å²) in [6, 6.07) is 11.8. The molecule has 0 aromatic heterocycles. The quantitative estimate of drug-likeness (QED) is 0.442. The smallest absolute Gasteiger partial charge is 0.293 e. The Hall–Kier alpha value is -3.46. The standard InChI is InChI=1S/C22H25N5O4/c23-21(28)19-5-2-10-26(19)13-14-3-1-4-17(11-14)25-22(29)15-6-9-18(24-16-7-8-16)20(12-15)27(30)31/h1,3-4,6,9,11-12,16,19,24H,2,5,7-8,10,13H2,(H2,23,28)(H,25,29). The van der Waals surface area contributed by atoms with Crippen LogP contribution in [0.25, 0.3) is 0 Å². The molecule has 1 saturated heterocycles. The van der Waals surface area contributed by atoms with Crippen molar-refractivity contribution in [3.05, 3.63) is 63.7 Å². The normalized spacial score (nSPS) is 18.5. The number of benzene rings is 2. The third-order valence-corrected chi connectivity index (χ3v) is 5.66. The summed E-state index contributed by atoms with van der Waals surface area (Å²) in [5, 5.41) is 17.4. The van der Waals surface area contributed by atoms with Crippen molar-refractivity contribution in [3.8, 4) is 0 Å². The fourth-order valence-electron chi connectivity index (χ4n) is 3.92. The number of nitro benzene ring substituents is 1. The Morgan fingerprint density at radius 2 is 1.97 bits per heavy atom. The lowest BCUT2D eigenvalue weighted by Gasteiger charge is -2.22. The van der Waals surface area contributed by atoms with Crippen molar-refractivity contribution in [2.24, 2.45) is 5.73 Å². The van der Waals surface area contributed by atoms with Crippen LogP contribution in [0, 0.1) is 10.1 Å². The van der Waals surface area contributed by atoms with Crippen molar-refractivity contribution in [1.82, 2.24) is 4.90 Å². The van der Waals surface area contributed by atoms with Gasteiger partial charge in [-0.2, -0.15) is 0 Å². The average molecular weight is 423 g/mol. The van der Waals surface area contributed by atoms with Gasteiger partial charge in [0.15, 0.2) is 0 Å². The number of hydrogen-bond donors (Lipinski definition) is 3. The maximum atomic E-state index is 12.7. The molecule has 0 bridgehead atoms. The molecule has 9 heteroatoms. The molecule has 0 radical (unpaired) electrons. The highest BCUT2D eigenvalue weighted by Crippen LogP contribution is 2.31. The molecule has 2 aliphatic rings. The van der Waals surface area contributed by atoms with Gasteiger partial charge in [-0.15, -0.1) is 0 Å². The Bertz CT molecular complexity index is 1020. The number of nitrogens with zero attached hydrogens (tertiary/aromatic N) is 2. The lowest BCUT2D eigenvalue weighted by Crippen LogP contribution is -2.39. The van der Waals surface area contributed by atoms with E-state index in [4.69, 9.17) is 5.73 Å². The molecule has 2 aromatic carbocycles. The second-order valence-electron chi connectivity index (χ2n) is 8.09. The SMILES string of the molecule is NC(=O)C1CCCN1Cc1cccc(NC(=O)c2ccc(NC3CC3)c([N+](=O)[O-])c2)c1. The largest absolute Gasteiger partial charge is 0.377 e. The molecule has 2 amide bonds. The summed E-state index contributed by atoms with van der Waals surface area (Å²) in [5.41, 5.74) is 7.55. The maximum absolute atomic E-state index is 12.7. The van der Waals surface area contributed by atoms with Gasteiger partial charge in [0.05, 0.1) is 11.0 Å². The van der Waals surface area contributed by atoms with Crippen molar-refractivity contribution >= 4 is 28.9 Å². The predicted molar refractivity (Wildman–Crippen MR) is 117 cm³/mol. The van der Waals surface area contributed by atoms with Crippen LogP contribution in [0.15, 0.2) is 42.5 Å². The highest BCUT2D eigenvalue weighted by Gasteiger charge is 2.29. The minimum Gasteiger partial charge on any atom is -0.377 e. The zero-order valence-electron chi connectivity index (χ0n) is 17.0. The highest BCUT2D eigenvalue weighted by atomic mass is 16.6. The summed E-state index contributed by atoms with van der Waals surface area (Å²) < 4.78 is 0. The summed E-state index contributed by atoms with van der Waals surface area (Å²) in [5.74, 6) is -0.738. The Labute approximate surface area is 179 Å². The average Bonchev–Trinajstić information content (AvgIpc) is 3.42. The van der Waals surface area contributed by atoms with Gasteiger partial charge in [0.25, 0.3) is 11.6 Å². The highest BCUT2D eigenvalue weighted by molar-refractivity contribution is 6.05. The summed E-state index contributed by atoms with van der Waals surface area (Å²) in [4.78, 5) is 37.3. The third-order valence-electron chi connectivity index (χ3n) is 5.66. The zero-order valence-corrected chi connectivity index (χ0v) is 17.0. The number of nitrogens with one attached hydrogen (secondary N) is 2. The van der Waals surface area contributed by atoms with Crippen molar-refractivity contribution in [2.75, 3.05) is 17.2 Å². The molecule has 9 nitrogen and oxygen atoms in total. The second kappa shape index (κ2) is 8.73. The zero-order chi connectivity index (χ0) is 22.0. The molecule has 162 valence electrons. The number of hydrogen-bond acceptors (Lipinski definition) is 6. The summed E-state index contributed by atoms with van der Waals surface area (Å²) >= 11 is 0. The number of carbonyl (C=O) groups is 2. The first-order valence-corrected chi connectivity index (χ1v) is 10.4. The molecule has 1 saturated carbocycles. The van der Waals surface area contributed by atoms with E-state index in [0.29, 0.717) is 17.9 Å². The molecule has 1 aliphatic carbocycles. The van der Waals surface area contributed by atoms with E-state index in [1.807, 2.05) is 23.1 Å². The van der Waals surface area contributed by atoms with Gasteiger partial charge in [0, 0.05) is 29.9 Å². The van der Waals surface area contributed by atoms with E-state index < -0.39 is 10.8 Å². The Morgan fingerprint density at radius 3 is 2.68 bits per heavy atom. The Balaban J connectivity index is 1.46. The van der Waals surface area contributed by atoms with Gasteiger partial charge in [0.2, 0.25) is 5.91 Å². The van der Waals surface area contributed by atoms with Crippen LogP contribution >= 0.6 is 0 Å². The number of amides is 2. The van der Waals surface area contributed by atoms with Crippen LogP contribution in [-0.2, 0) is 11.3 Å². The second-order valence-corrected chi connectivity index (χ2v) is 8.09. The van der Waals surface area contributed by atoms with Gasteiger partial charge < -0.3 is 16.4 Å².